The summed E-state index contributed by atoms with van der Waals surface area (Å²) in [4.78, 5) is 19.9. The molecule has 29 heavy (non-hydrogen) atoms. The maximum Gasteiger partial charge on any atom is 0.223 e. The number of aryl methyl sites for hydroxylation is 1. The lowest BCUT2D eigenvalue weighted by molar-refractivity contribution is -0.117. The van der Waals surface area contributed by atoms with E-state index in [2.05, 4.69) is 31.2 Å². The van der Waals surface area contributed by atoms with Gasteiger partial charge in [-0.05, 0) is 42.5 Å². The topological polar surface area (TPSA) is 95.1 Å². The standard InChI is InChI=1S/C21H18BrN5O2/c1-27-19-12-16(29-17-8-9-24-15(10-17)11-20(23)28)6-7-18(19)26-21(27)25-14-4-2-13(22)3-5-14/h2-10,12H,11H2,1H3,(H2,23,28)(H,25,26). The van der Waals surface area contributed by atoms with Gasteiger partial charge in [0.15, 0.2) is 0 Å². The Morgan fingerprint density at radius 2 is 1.90 bits per heavy atom. The highest BCUT2D eigenvalue weighted by molar-refractivity contribution is 9.10. The van der Waals surface area contributed by atoms with Crippen molar-refractivity contribution in [2.24, 2.45) is 12.8 Å². The van der Waals surface area contributed by atoms with E-state index in [1.807, 2.05) is 54.1 Å². The fraction of sp³-hybridized carbons (Fsp3) is 0.0952. The van der Waals surface area contributed by atoms with Crippen LogP contribution in [0.3, 0.4) is 0 Å². The molecule has 0 unspecified atom stereocenters. The molecule has 0 aliphatic carbocycles. The zero-order valence-corrected chi connectivity index (χ0v) is 17.2. The Morgan fingerprint density at radius 3 is 2.66 bits per heavy atom. The Morgan fingerprint density at radius 1 is 1.14 bits per heavy atom. The lowest BCUT2D eigenvalue weighted by Crippen LogP contribution is -2.14. The number of pyridine rings is 1. The maximum absolute atomic E-state index is 11.1. The molecular weight excluding hydrogens is 434 g/mol. The molecule has 0 bridgehead atoms. The van der Waals surface area contributed by atoms with Gasteiger partial charge in [-0.15, -0.1) is 0 Å². The summed E-state index contributed by atoms with van der Waals surface area (Å²) in [5, 5.41) is 3.32. The molecule has 2 heterocycles. The van der Waals surface area contributed by atoms with Crippen molar-refractivity contribution < 1.29 is 9.53 Å². The number of amides is 1. The van der Waals surface area contributed by atoms with Crippen molar-refractivity contribution >= 4 is 44.5 Å². The van der Waals surface area contributed by atoms with Gasteiger partial charge in [0, 0.05) is 35.5 Å². The summed E-state index contributed by atoms with van der Waals surface area (Å²) in [5.41, 5.74) is 8.52. The monoisotopic (exact) mass is 451 g/mol. The van der Waals surface area contributed by atoms with Crippen LogP contribution in [0.2, 0.25) is 0 Å². The Labute approximate surface area is 175 Å². The van der Waals surface area contributed by atoms with Crippen molar-refractivity contribution in [1.82, 2.24) is 14.5 Å². The number of rotatable bonds is 6. The number of benzene rings is 2. The first-order valence-corrected chi connectivity index (χ1v) is 9.67. The molecule has 2 aromatic carbocycles. The summed E-state index contributed by atoms with van der Waals surface area (Å²) in [6.07, 6.45) is 1.67. The number of anilines is 2. The molecule has 3 N–H and O–H groups in total. The minimum Gasteiger partial charge on any atom is -0.457 e. The van der Waals surface area contributed by atoms with Crippen molar-refractivity contribution in [2.45, 2.75) is 6.42 Å². The molecule has 0 spiro atoms. The van der Waals surface area contributed by atoms with E-state index in [1.165, 1.54) is 0 Å². The van der Waals surface area contributed by atoms with E-state index < -0.39 is 5.91 Å². The van der Waals surface area contributed by atoms with E-state index in [9.17, 15) is 4.79 Å². The second-order valence-corrected chi connectivity index (χ2v) is 7.42. The maximum atomic E-state index is 11.1. The third kappa shape index (κ3) is 4.38. The first-order valence-electron chi connectivity index (χ1n) is 8.88. The van der Waals surface area contributed by atoms with Gasteiger partial charge in [-0.2, -0.15) is 0 Å². The minimum absolute atomic E-state index is 0.0725. The fourth-order valence-electron chi connectivity index (χ4n) is 2.94. The summed E-state index contributed by atoms with van der Waals surface area (Å²) in [6.45, 7) is 0. The highest BCUT2D eigenvalue weighted by atomic mass is 79.9. The van der Waals surface area contributed by atoms with Crippen molar-refractivity contribution in [3.05, 3.63) is 71.0 Å². The summed E-state index contributed by atoms with van der Waals surface area (Å²) in [7, 11) is 1.94. The predicted molar refractivity (Wildman–Crippen MR) is 115 cm³/mol. The lowest BCUT2D eigenvalue weighted by atomic mass is 10.2. The molecule has 0 saturated heterocycles. The van der Waals surface area contributed by atoms with E-state index in [0.717, 1.165) is 27.1 Å². The quantitative estimate of drug-likeness (QED) is 0.455. The molecule has 0 atom stereocenters. The Bertz CT molecular complexity index is 1190. The number of fused-ring (bicyclic) bond motifs is 1. The average molecular weight is 452 g/mol. The van der Waals surface area contributed by atoms with E-state index in [4.69, 9.17) is 10.5 Å². The molecular formula is C21H18BrN5O2. The number of carbonyl (C=O) groups is 1. The van der Waals surface area contributed by atoms with Crippen LogP contribution in [-0.4, -0.2) is 20.4 Å². The van der Waals surface area contributed by atoms with Crippen LogP contribution in [0.25, 0.3) is 11.0 Å². The molecule has 0 fully saturated rings. The van der Waals surface area contributed by atoms with Crippen LogP contribution in [0, 0.1) is 0 Å². The van der Waals surface area contributed by atoms with Gasteiger partial charge in [-0.1, -0.05) is 15.9 Å². The number of nitrogens with two attached hydrogens (primary N) is 1. The number of halogens is 1. The molecule has 7 nitrogen and oxygen atoms in total. The van der Waals surface area contributed by atoms with Crippen molar-refractivity contribution in [2.75, 3.05) is 5.32 Å². The highest BCUT2D eigenvalue weighted by Gasteiger charge is 2.10. The van der Waals surface area contributed by atoms with E-state index in [-0.39, 0.29) is 6.42 Å². The van der Waals surface area contributed by atoms with Crippen LogP contribution in [0.4, 0.5) is 11.6 Å². The second kappa shape index (κ2) is 7.92. The molecule has 1 amide bonds. The number of nitrogens with one attached hydrogen (secondary N) is 1. The van der Waals surface area contributed by atoms with Gasteiger partial charge in [0.1, 0.15) is 11.5 Å². The van der Waals surface area contributed by atoms with Gasteiger partial charge in [-0.25, -0.2) is 4.98 Å². The van der Waals surface area contributed by atoms with Crippen LogP contribution in [-0.2, 0) is 18.3 Å². The lowest BCUT2D eigenvalue weighted by Gasteiger charge is -2.08. The summed E-state index contributed by atoms with van der Waals surface area (Å²) in [5.74, 6) is 1.54. The SMILES string of the molecule is Cn1c(Nc2ccc(Br)cc2)nc2ccc(Oc3ccnc(CC(N)=O)c3)cc21. The molecule has 0 radical (unpaired) electrons. The van der Waals surface area contributed by atoms with Crippen molar-refractivity contribution in [3.63, 3.8) is 0 Å². The van der Waals surface area contributed by atoms with Gasteiger partial charge in [-0.3, -0.25) is 9.78 Å². The second-order valence-electron chi connectivity index (χ2n) is 6.50. The van der Waals surface area contributed by atoms with E-state index in [0.29, 0.717) is 17.2 Å². The molecule has 4 rings (SSSR count). The number of ether oxygens (including phenoxy) is 1. The van der Waals surface area contributed by atoms with Gasteiger partial charge < -0.3 is 20.4 Å². The molecule has 0 saturated carbocycles. The third-order valence-electron chi connectivity index (χ3n) is 4.33. The number of primary amides is 1. The van der Waals surface area contributed by atoms with Crippen molar-refractivity contribution in [3.8, 4) is 11.5 Å². The molecule has 2 aromatic heterocycles. The van der Waals surface area contributed by atoms with Gasteiger partial charge in [0.25, 0.3) is 0 Å². The number of imidazole rings is 1. The smallest absolute Gasteiger partial charge is 0.223 e. The number of aromatic nitrogens is 3. The highest BCUT2D eigenvalue weighted by Crippen LogP contribution is 2.28. The zero-order chi connectivity index (χ0) is 20.4. The summed E-state index contributed by atoms with van der Waals surface area (Å²) < 4.78 is 8.93. The van der Waals surface area contributed by atoms with Gasteiger partial charge >= 0.3 is 0 Å². The molecule has 4 aromatic rings. The minimum atomic E-state index is -0.434. The summed E-state index contributed by atoms with van der Waals surface area (Å²) >= 11 is 3.44. The number of hydrogen-bond acceptors (Lipinski definition) is 5. The van der Waals surface area contributed by atoms with Crippen molar-refractivity contribution in [1.29, 1.82) is 0 Å². The largest absolute Gasteiger partial charge is 0.457 e. The molecule has 0 aliphatic rings. The first-order chi connectivity index (χ1) is 14.0. The zero-order valence-electron chi connectivity index (χ0n) is 15.6. The Hall–Kier alpha value is -3.39. The third-order valence-corrected chi connectivity index (χ3v) is 4.86. The Balaban J connectivity index is 1.58. The van der Waals surface area contributed by atoms with Crippen LogP contribution >= 0.6 is 15.9 Å². The van der Waals surface area contributed by atoms with Gasteiger partial charge in [0.05, 0.1) is 23.1 Å². The molecule has 146 valence electrons. The normalized spacial score (nSPS) is 10.8. The number of carbonyl (C=O) groups excluding carboxylic acids is 1. The van der Waals surface area contributed by atoms with Crippen LogP contribution < -0.4 is 15.8 Å². The predicted octanol–water partition coefficient (Wildman–Crippen LogP) is 4.29. The average Bonchev–Trinajstić information content (AvgIpc) is 2.99. The fourth-order valence-corrected chi connectivity index (χ4v) is 3.20. The number of hydrogen-bond donors (Lipinski definition) is 2. The van der Waals surface area contributed by atoms with Crippen LogP contribution in [0.1, 0.15) is 5.69 Å². The van der Waals surface area contributed by atoms with Crippen LogP contribution in [0.15, 0.2) is 65.3 Å². The van der Waals surface area contributed by atoms with E-state index >= 15 is 0 Å². The summed E-state index contributed by atoms with van der Waals surface area (Å²) in [6, 6.07) is 17.0. The molecule has 8 heteroatoms. The van der Waals surface area contributed by atoms with Crippen LogP contribution in [0.5, 0.6) is 11.5 Å². The van der Waals surface area contributed by atoms with Gasteiger partial charge in [0.2, 0.25) is 11.9 Å². The Kier molecular flexibility index (Phi) is 5.18. The van der Waals surface area contributed by atoms with E-state index in [1.54, 1.807) is 18.3 Å². The number of nitrogens with zero attached hydrogens (tertiary/aromatic N) is 3. The molecule has 0 aliphatic heterocycles. The first kappa shape index (κ1) is 18.9.